The molecule has 0 aliphatic carbocycles. The van der Waals surface area contributed by atoms with Crippen molar-refractivity contribution in [1.29, 1.82) is 0 Å². The second-order valence-electron chi connectivity index (χ2n) is 9.12. The third kappa shape index (κ3) is 6.61. The summed E-state index contributed by atoms with van der Waals surface area (Å²) in [5, 5.41) is 2.94. The van der Waals surface area contributed by atoms with E-state index in [0.29, 0.717) is 17.2 Å². The molecule has 196 valence electrons. The van der Waals surface area contributed by atoms with Gasteiger partial charge >= 0.3 is 0 Å². The lowest BCUT2D eigenvalue weighted by atomic mass is 10.1. The SMILES string of the molecule is CCc1ccc([C@@H](C)NC(=O)CN(c2ccc(Oc3ccccc3)cc2)S(=O)(=O)c2ccc(C)cc2)cc1. The van der Waals surface area contributed by atoms with Gasteiger partial charge in [0.05, 0.1) is 16.6 Å². The lowest BCUT2D eigenvalue weighted by Gasteiger charge is -2.25. The van der Waals surface area contributed by atoms with Crippen LogP contribution in [0.3, 0.4) is 0 Å². The van der Waals surface area contributed by atoms with Crippen LogP contribution in [0.1, 0.15) is 36.6 Å². The van der Waals surface area contributed by atoms with E-state index in [1.54, 1.807) is 48.5 Å². The Kier molecular flexibility index (Phi) is 8.48. The van der Waals surface area contributed by atoms with Crippen molar-refractivity contribution in [3.63, 3.8) is 0 Å². The van der Waals surface area contributed by atoms with Gasteiger partial charge in [0, 0.05) is 0 Å². The molecule has 0 radical (unpaired) electrons. The molecule has 0 saturated carbocycles. The number of nitrogens with zero attached hydrogens (tertiary/aromatic N) is 1. The Bertz CT molecular complexity index is 1450. The van der Waals surface area contributed by atoms with E-state index in [1.807, 2.05) is 68.4 Å². The van der Waals surface area contributed by atoms with Crippen LogP contribution in [0.15, 0.2) is 108 Å². The highest BCUT2D eigenvalue weighted by molar-refractivity contribution is 7.92. The van der Waals surface area contributed by atoms with Gasteiger partial charge in [-0.1, -0.05) is 67.1 Å². The summed E-state index contributed by atoms with van der Waals surface area (Å²) in [7, 11) is -4.02. The summed E-state index contributed by atoms with van der Waals surface area (Å²) in [6.07, 6.45) is 0.933. The van der Waals surface area contributed by atoms with E-state index in [-0.39, 0.29) is 17.5 Å². The quantitative estimate of drug-likeness (QED) is 0.258. The first kappa shape index (κ1) is 26.9. The van der Waals surface area contributed by atoms with Crippen LogP contribution < -0.4 is 14.4 Å². The monoisotopic (exact) mass is 528 g/mol. The topological polar surface area (TPSA) is 75.7 Å². The number of nitrogens with one attached hydrogen (secondary N) is 1. The standard InChI is InChI=1S/C31H32N2O4S/c1-4-25-12-14-26(15-13-25)24(3)32-31(34)22-33(38(35,36)30-20-10-23(2)11-21-30)27-16-18-29(19-17-27)37-28-8-6-5-7-9-28/h5-21,24H,4,22H2,1-3H3,(H,32,34)/t24-/m1/s1. The fourth-order valence-electron chi connectivity index (χ4n) is 4.00. The lowest BCUT2D eigenvalue weighted by molar-refractivity contribution is -0.120. The van der Waals surface area contributed by atoms with E-state index in [2.05, 4.69) is 12.2 Å². The summed E-state index contributed by atoms with van der Waals surface area (Å²) in [6, 6.07) is 30.3. The molecule has 7 heteroatoms. The lowest BCUT2D eigenvalue weighted by Crippen LogP contribution is -2.41. The van der Waals surface area contributed by atoms with Gasteiger partial charge in [0.25, 0.3) is 10.0 Å². The smallest absolute Gasteiger partial charge is 0.264 e. The predicted octanol–water partition coefficient (Wildman–Crippen LogP) is 6.42. The van der Waals surface area contributed by atoms with Gasteiger partial charge in [0.1, 0.15) is 18.0 Å². The molecule has 0 heterocycles. The van der Waals surface area contributed by atoms with Crippen LogP contribution >= 0.6 is 0 Å². The van der Waals surface area contributed by atoms with Crippen molar-refractivity contribution in [1.82, 2.24) is 5.32 Å². The molecule has 1 N–H and O–H groups in total. The molecule has 0 bridgehead atoms. The molecule has 0 spiro atoms. The summed E-state index contributed by atoms with van der Waals surface area (Å²) < 4.78 is 34.4. The Balaban J connectivity index is 1.58. The van der Waals surface area contributed by atoms with Crippen LogP contribution in [0.2, 0.25) is 0 Å². The molecule has 0 aromatic heterocycles. The zero-order chi connectivity index (χ0) is 27.1. The molecule has 0 aliphatic rings. The van der Waals surface area contributed by atoms with Gasteiger partial charge < -0.3 is 10.1 Å². The van der Waals surface area contributed by atoms with E-state index >= 15 is 0 Å². The number of anilines is 1. The Hall–Kier alpha value is -4.10. The number of benzene rings is 4. The minimum Gasteiger partial charge on any atom is -0.457 e. The first-order valence-electron chi connectivity index (χ1n) is 12.6. The Morgan fingerprint density at radius 2 is 1.45 bits per heavy atom. The number of carbonyl (C=O) groups is 1. The number of aryl methyl sites for hydroxylation is 2. The van der Waals surface area contributed by atoms with Crippen molar-refractivity contribution in [3.05, 3.63) is 120 Å². The number of hydrogen-bond donors (Lipinski definition) is 1. The van der Waals surface area contributed by atoms with Crippen LogP contribution in [0.25, 0.3) is 0 Å². The largest absolute Gasteiger partial charge is 0.457 e. The molecule has 0 unspecified atom stereocenters. The van der Waals surface area contributed by atoms with Crippen LogP contribution in [0.4, 0.5) is 5.69 Å². The normalized spacial score (nSPS) is 12.0. The van der Waals surface area contributed by atoms with Crippen molar-refractivity contribution in [2.75, 3.05) is 10.8 Å². The molecular weight excluding hydrogens is 496 g/mol. The Morgan fingerprint density at radius 1 is 0.842 bits per heavy atom. The van der Waals surface area contributed by atoms with Gasteiger partial charge in [-0.05, 0) is 79.9 Å². The molecule has 4 aromatic carbocycles. The molecule has 0 aliphatic heterocycles. The van der Waals surface area contributed by atoms with Crippen LogP contribution in [0.5, 0.6) is 11.5 Å². The van der Waals surface area contributed by atoms with Crippen molar-refractivity contribution in [2.24, 2.45) is 0 Å². The number of sulfonamides is 1. The highest BCUT2D eigenvalue weighted by Gasteiger charge is 2.28. The minimum atomic E-state index is -4.02. The first-order chi connectivity index (χ1) is 18.3. The molecule has 38 heavy (non-hydrogen) atoms. The molecule has 6 nitrogen and oxygen atoms in total. The van der Waals surface area contributed by atoms with Gasteiger partial charge in [-0.25, -0.2) is 8.42 Å². The van der Waals surface area contributed by atoms with Crippen LogP contribution in [-0.2, 0) is 21.2 Å². The van der Waals surface area contributed by atoms with Gasteiger partial charge in [0.2, 0.25) is 5.91 Å². The van der Waals surface area contributed by atoms with Crippen LogP contribution in [-0.4, -0.2) is 20.9 Å². The number of hydrogen-bond acceptors (Lipinski definition) is 4. The highest BCUT2D eigenvalue weighted by atomic mass is 32.2. The van der Waals surface area contributed by atoms with Gasteiger partial charge in [-0.3, -0.25) is 9.10 Å². The number of rotatable bonds is 10. The minimum absolute atomic E-state index is 0.115. The molecule has 4 aromatic rings. The van der Waals surface area contributed by atoms with Crippen LogP contribution in [0, 0.1) is 6.92 Å². The summed E-state index contributed by atoms with van der Waals surface area (Å²) in [4.78, 5) is 13.2. The molecule has 0 fully saturated rings. The summed E-state index contributed by atoms with van der Waals surface area (Å²) in [5.41, 5.74) is 3.47. The number of amides is 1. The van der Waals surface area contributed by atoms with Gasteiger partial charge in [0.15, 0.2) is 0 Å². The number of carbonyl (C=O) groups excluding carboxylic acids is 1. The molecule has 1 amide bonds. The van der Waals surface area contributed by atoms with Gasteiger partial charge in [-0.15, -0.1) is 0 Å². The highest BCUT2D eigenvalue weighted by Crippen LogP contribution is 2.28. The average molecular weight is 529 g/mol. The van der Waals surface area contributed by atoms with Crippen molar-refractivity contribution < 1.29 is 17.9 Å². The number of para-hydroxylation sites is 1. The van der Waals surface area contributed by atoms with E-state index in [4.69, 9.17) is 4.74 Å². The second kappa shape index (κ2) is 12.0. The summed E-state index contributed by atoms with van der Waals surface area (Å²) in [6.45, 7) is 5.49. The summed E-state index contributed by atoms with van der Waals surface area (Å²) in [5.74, 6) is 0.823. The fraction of sp³-hybridized carbons (Fsp3) is 0.194. The molecular formula is C31H32N2O4S. The molecule has 0 saturated heterocycles. The third-order valence-corrected chi connectivity index (χ3v) is 8.05. The third-order valence-electron chi connectivity index (χ3n) is 6.27. The first-order valence-corrected chi connectivity index (χ1v) is 14.0. The maximum atomic E-state index is 13.7. The van der Waals surface area contributed by atoms with Crippen molar-refractivity contribution in [2.45, 2.75) is 38.1 Å². The maximum Gasteiger partial charge on any atom is 0.264 e. The summed E-state index contributed by atoms with van der Waals surface area (Å²) >= 11 is 0. The van der Waals surface area contributed by atoms with E-state index < -0.39 is 15.9 Å². The molecule has 4 rings (SSSR count). The van der Waals surface area contributed by atoms with E-state index in [0.717, 1.165) is 21.9 Å². The van der Waals surface area contributed by atoms with E-state index in [1.165, 1.54) is 5.56 Å². The Morgan fingerprint density at radius 3 is 2.05 bits per heavy atom. The predicted molar refractivity (Wildman–Crippen MR) is 151 cm³/mol. The zero-order valence-corrected chi connectivity index (χ0v) is 22.6. The average Bonchev–Trinajstić information content (AvgIpc) is 2.93. The fourth-order valence-corrected chi connectivity index (χ4v) is 5.42. The van der Waals surface area contributed by atoms with Gasteiger partial charge in [-0.2, -0.15) is 0 Å². The zero-order valence-electron chi connectivity index (χ0n) is 21.8. The molecule has 1 atom stereocenters. The van der Waals surface area contributed by atoms with Crippen molar-refractivity contribution >= 4 is 21.6 Å². The number of ether oxygens (including phenoxy) is 1. The maximum absolute atomic E-state index is 13.7. The van der Waals surface area contributed by atoms with Crippen molar-refractivity contribution in [3.8, 4) is 11.5 Å². The second-order valence-corrected chi connectivity index (χ2v) is 11.0. The van der Waals surface area contributed by atoms with E-state index in [9.17, 15) is 13.2 Å². The Labute approximate surface area is 225 Å².